The number of urea groups is 1. The van der Waals surface area contributed by atoms with Crippen LogP contribution < -0.4 is 5.73 Å². The van der Waals surface area contributed by atoms with Crippen molar-refractivity contribution in [2.45, 2.75) is 25.8 Å². The Morgan fingerprint density at radius 1 is 1.28 bits per heavy atom. The number of nitrogens with zero attached hydrogens (tertiary/aromatic N) is 2. The van der Waals surface area contributed by atoms with Crippen LogP contribution in [0.25, 0.3) is 0 Å². The number of rotatable bonds is 2. The van der Waals surface area contributed by atoms with Gasteiger partial charge in [-0.2, -0.15) is 0 Å². The molecule has 2 rings (SSSR count). The van der Waals surface area contributed by atoms with Crippen molar-refractivity contribution >= 4 is 11.7 Å². The number of para-hydroxylation sites is 1. The van der Waals surface area contributed by atoms with Gasteiger partial charge in [-0.3, -0.25) is 0 Å². The molecule has 0 aromatic heterocycles. The summed E-state index contributed by atoms with van der Waals surface area (Å²) >= 11 is 0. The molecule has 0 radical (unpaired) electrons. The predicted octanol–water partition coefficient (Wildman–Crippen LogP) is 2.31. The fraction of sp³-hybridized carbons (Fsp3) is 0.500. The van der Waals surface area contributed by atoms with E-state index in [9.17, 15) is 4.79 Å². The van der Waals surface area contributed by atoms with Crippen molar-refractivity contribution in [2.24, 2.45) is 0 Å². The lowest BCUT2D eigenvalue weighted by atomic mass is 10.1. The highest BCUT2D eigenvalue weighted by Gasteiger charge is 2.20. The molecule has 1 fully saturated rings. The Hall–Kier alpha value is -1.71. The SMILES string of the molecule is CN(Cc1ccccc1N)C(=O)N1CCCCC1. The molecule has 0 atom stereocenters. The summed E-state index contributed by atoms with van der Waals surface area (Å²) in [6.07, 6.45) is 3.47. The van der Waals surface area contributed by atoms with E-state index < -0.39 is 0 Å². The van der Waals surface area contributed by atoms with E-state index in [0.717, 1.165) is 37.2 Å². The average Bonchev–Trinajstić information content (AvgIpc) is 2.41. The van der Waals surface area contributed by atoms with Gasteiger partial charge in [0.05, 0.1) is 0 Å². The third-order valence-corrected chi connectivity index (χ3v) is 3.42. The predicted molar refractivity (Wildman–Crippen MR) is 73.1 cm³/mol. The standard InChI is InChI=1S/C14H21N3O/c1-16(11-12-7-3-4-8-13(12)15)14(18)17-9-5-2-6-10-17/h3-4,7-8H,2,5-6,9-11,15H2,1H3. The summed E-state index contributed by atoms with van der Waals surface area (Å²) in [4.78, 5) is 15.9. The molecule has 1 heterocycles. The zero-order valence-electron chi connectivity index (χ0n) is 10.9. The van der Waals surface area contributed by atoms with Crippen molar-refractivity contribution in [3.63, 3.8) is 0 Å². The quantitative estimate of drug-likeness (QED) is 0.815. The van der Waals surface area contributed by atoms with Gasteiger partial charge in [0.15, 0.2) is 0 Å². The number of carbonyl (C=O) groups is 1. The summed E-state index contributed by atoms with van der Waals surface area (Å²) < 4.78 is 0. The molecule has 1 aromatic rings. The fourth-order valence-electron chi connectivity index (χ4n) is 2.33. The van der Waals surface area contributed by atoms with Crippen LogP contribution >= 0.6 is 0 Å². The molecular weight excluding hydrogens is 226 g/mol. The van der Waals surface area contributed by atoms with Crippen LogP contribution in [-0.2, 0) is 6.54 Å². The number of nitrogens with two attached hydrogens (primary N) is 1. The van der Waals surface area contributed by atoms with Gasteiger partial charge in [-0.05, 0) is 30.9 Å². The molecule has 0 unspecified atom stereocenters. The maximum atomic E-state index is 12.2. The Labute approximate surface area is 108 Å². The van der Waals surface area contributed by atoms with E-state index in [1.165, 1.54) is 6.42 Å². The van der Waals surface area contributed by atoms with Gasteiger partial charge in [-0.1, -0.05) is 18.2 Å². The maximum Gasteiger partial charge on any atom is 0.320 e. The first kappa shape index (κ1) is 12.7. The van der Waals surface area contributed by atoms with Gasteiger partial charge in [0.25, 0.3) is 0 Å². The van der Waals surface area contributed by atoms with E-state index in [4.69, 9.17) is 5.73 Å². The van der Waals surface area contributed by atoms with Crippen molar-refractivity contribution in [3.8, 4) is 0 Å². The van der Waals surface area contributed by atoms with Crippen LogP contribution in [0.1, 0.15) is 24.8 Å². The van der Waals surface area contributed by atoms with Crippen molar-refractivity contribution < 1.29 is 4.79 Å². The smallest absolute Gasteiger partial charge is 0.320 e. The highest BCUT2D eigenvalue weighted by Crippen LogP contribution is 2.15. The van der Waals surface area contributed by atoms with E-state index in [0.29, 0.717) is 6.54 Å². The lowest BCUT2D eigenvalue weighted by Gasteiger charge is -2.31. The first-order chi connectivity index (χ1) is 8.68. The third-order valence-electron chi connectivity index (χ3n) is 3.42. The minimum absolute atomic E-state index is 0.109. The van der Waals surface area contributed by atoms with Gasteiger partial charge in [0.2, 0.25) is 0 Å². The van der Waals surface area contributed by atoms with Gasteiger partial charge in [-0.15, -0.1) is 0 Å². The lowest BCUT2D eigenvalue weighted by Crippen LogP contribution is -2.43. The Bertz CT molecular complexity index is 413. The number of likely N-dealkylation sites (tertiary alicyclic amines) is 1. The molecule has 18 heavy (non-hydrogen) atoms. The number of carbonyl (C=O) groups excluding carboxylic acids is 1. The third kappa shape index (κ3) is 2.94. The normalized spacial score (nSPS) is 15.5. The summed E-state index contributed by atoms with van der Waals surface area (Å²) in [5.41, 5.74) is 7.65. The van der Waals surface area contributed by atoms with Crippen molar-refractivity contribution in [1.82, 2.24) is 9.80 Å². The maximum absolute atomic E-state index is 12.2. The van der Waals surface area contributed by atoms with E-state index in [1.807, 2.05) is 36.2 Å². The summed E-state index contributed by atoms with van der Waals surface area (Å²) in [7, 11) is 1.84. The first-order valence-electron chi connectivity index (χ1n) is 6.52. The number of hydrogen-bond donors (Lipinski definition) is 1. The van der Waals surface area contributed by atoms with E-state index in [-0.39, 0.29) is 6.03 Å². The molecule has 0 bridgehead atoms. The number of nitrogen functional groups attached to an aromatic ring is 1. The number of hydrogen-bond acceptors (Lipinski definition) is 2. The molecular formula is C14H21N3O. The molecule has 0 aliphatic carbocycles. The zero-order chi connectivity index (χ0) is 13.0. The minimum atomic E-state index is 0.109. The van der Waals surface area contributed by atoms with Crippen molar-refractivity contribution in [1.29, 1.82) is 0 Å². The topological polar surface area (TPSA) is 49.6 Å². The second-order valence-corrected chi connectivity index (χ2v) is 4.89. The van der Waals surface area contributed by atoms with Crippen molar-refractivity contribution in [2.75, 3.05) is 25.9 Å². The summed E-state index contributed by atoms with van der Waals surface area (Å²) in [6, 6.07) is 7.80. The number of anilines is 1. The molecule has 0 saturated carbocycles. The van der Waals surface area contributed by atoms with Crippen LogP contribution in [-0.4, -0.2) is 36.0 Å². The van der Waals surface area contributed by atoms with Crippen molar-refractivity contribution in [3.05, 3.63) is 29.8 Å². The molecule has 4 nitrogen and oxygen atoms in total. The molecule has 98 valence electrons. The number of piperidine rings is 1. The first-order valence-corrected chi connectivity index (χ1v) is 6.52. The van der Waals surface area contributed by atoms with Crippen LogP contribution in [0.2, 0.25) is 0 Å². The Morgan fingerprint density at radius 3 is 2.61 bits per heavy atom. The zero-order valence-corrected chi connectivity index (χ0v) is 10.9. The Morgan fingerprint density at radius 2 is 1.94 bits per heavy atom. The highest BCUT2D eigenvalue weighted by atomic mass is 16.2. The molecule has 0 spiro atoms. The molecule has 4 heteroatoms. The lowest BCUT2D eigenvalue weighted by molar-refractivity contribution is 0.151. The van der Waals surface area contributed by atoms with Gasteiger partial charge >= 0.3 is 6.03 Å². The Kier molecular flexibility index (Phi) is 4.07. The molecule has 1 aromatic carbocycles. The average molecular weight is 247 g/mol. The molecule has 2 amide bonds. The Balaban J connectivity index is 1.96. The minimum Gasteiger partial charge on any atom is -0.398 e. The number of benzene rings is 1. The van der Waals surface area contributed by atoms with Crippen LogP contribution in [0.3, 0.4) is 0 Å². The van der Waals surface area contributed by atoms with Gasteiger partial charge in [0, 0.05) is 32.4 Å². The molecule has 1 saturated heterocycles. The summed E-state index contributed by atoms with van der Waals surface area (Å²) in [5.74, 6) is 0. The van der Waals surface area contributed by atoms with E-state index in [2.05, 4.69) is 0 Å². The summed E-state index contributed by atoms with van der Waals surface area (Å²) in [5, 5.41) is 0. The molecule has 1 aliphatic heterocycles. The van der Waals surface area contributed by atoms with Gasteiger partial charge in [-0.25, -0.2) is 4.79 Å². The van der Waals surface area contributed by atoms with E-state index in [1.54, 1.807) is 4.90 Å². The largest absolute Gasteiger partial charge is 0.398 e. The van der Waals surface area contributed by atoms with Crippen LogP contribution in [0.15, 0.2) is 24.3 Å². The van der Waals surface area contributed by atoms with Gasteiger partial charge < -0.3 is 15.5 Å². The fourth-order valence-corrected chi connectivity index (χ4v) is 2.33. The number of amides is 2. The van der Waals surface area contributed by atoms with Crippen LogP contribution in [0.4, 0.5) is 10.5 Å². The molecule has 2 N–H and O–H groups in total. The van der Waals surface area contributed by atoms with Crippen LogP contribution in [0, 0.1) is 0 Å². The second kappa shape index (κ2) is 5.76. The molecule has 1 aliphatic rings. The van der Waals surface area contributed by atoms with Crippen LogP contribution in [0.5, 0.6) is 0 Å². The second-order valence-electron chi connectivity index (χ2n) is 4.89. The monoisotopic (exact) mass is 247 g/mol. The summed E-state index contributed by atoms with van der Waals surface area (Å²) in [6.45, 7) is 2.34. The van der Waals surface area contributed by atoms with E-state index >= 15 is 0 Å². The van der Waals surface area contributed by atoms with Gasteiger partial charge in [0.1, 0.15) is 0 Å². The highest BCUT2D eigenvalue weighted by molar-refractivity contribution is 5.74.